The van der Waals surface area contributed by atoms with Crippen LogP contribution in [0.1, 0.15) is 11.6 Å². The summed E-state index contributed by atoms with van der Waals surface area (Å²) >= 11 is 0. The summed E-state index contributed by atoms with van der Waals surface area (Å²) in [5.74, 6) is 0.717. The molecule has 3 aromatic rings. The standard InChI is InChI=1S/C13H11FN4O2/c14-10-3-1-9(2-4-10)12-5-15-13(20-12)7-18-6-11(8-19)16-17-18/h1-6,19H,7-8H2. The molecule has 0 unspecified atom stereocenters. The van der Waals surface area contributed by atoms with Gasteiger partial charge in [0.05, 0.1) is 19.0 Å². The van der Waals surface area contributed by atoms with E-state index in [1.54, 1.807) is 24.5 Å². The zero-order chi connectivity index (χ0) is 13.9. The molecule has 1 aromatic carbocycles. The molecule has 1 N–H and O–H groups in total. The quantitative estimate of drug-likeness (QED) is 0.782. The molecule has 102 valence electrons. The van der Waals surface area contributed by atoms with Crippen LogP contribution in [0.4, 0.5) is 4.39 Å². The summed E-state index contributed by atoms with van der Waals surface area (Å²) in [6.45, 7) is 0.153. The van der Waals surface area contributed by atoms with Gasteiger partial charge in [-0.1, -0.05) is 5.21 Å². The molecule has 2 heterocycles. The number of aromatic nitrogens is 4. The minimum Gasteiger partial charge on any atom is -0.439 e. The fraction of sp³-hybridized carbons (Fsp3) is 0.154. The lowest BCUT2D eigenvalue weighted by atomic mass is 10.2. The Morgan fingerprint density at radius 3 is 2.75 bits per heavy atom. The number of oxazole rings is 1. The molecule has 3 rings (SSSR count). The Bertz CT molecular complexity index is 705. The number of hydrogen-bond acceptors (Lipinski definition) is 5. The van der Waals surface area contributed by atoms with Crippen LogP contribution in [-0.2, 0) is 13.2 Å². The maximum absolute atomic E-state index is 12.8. The average Bonchev–Trinajstić information content (AvgIpc) is 3.09. The lowest BCUT2D eigenvalue weighted by Crippen LogP contribution is -2.00. The Morgan fingerprint density at radius 2 is 2.05 bits per heavy atom. The first-order chi connectivity index (χ1) is 9.74. The lowest BCUT2D eigenvalue weighted by molar-refractivity contribution is 0.276. The summed E-state index contributed by atoms with van der Waals surface area (Å²) in [6.07, 6.45) is 3.19. The Hall–Kier alpha value is -2.54. The minimum atomic E-state index is -0.298. The highest BCUT2D eigenvalue weighted by molar-refractivity contribution is 5.55. The van der Waals surface area contributed by atoms with E-state index in [4.69, 9.17) is 9.52 Å². The van der Waals surface area contributed by atoms with Crippen LogP contribution in [0.5, 0.6) is 0 Å². The van der Waals surface area contributed by atoms with Crippen molar-refractivity contribution < 1.29 is 13.9 Å². The molecular weight excluding hydrogens is 263 g/mol. The van der Waals surface area contributed by atoms with E-state index in [-0.39, 0.29) is 12.4 Å². The molecule has 6 nitrogen and oxygen atoms in total. The predicted octanol–water partition coefficient (Wildman–Crippen LogP) is 1.61. The van der Waals surface area contributed by atoms with Gasteiger partial charge in [0, 0.05) is 5.56 Å². The lowest BCUT2D eigenvalue weighted by Gasteiger charge is -1.96. The average molecular weight is 274 g/mol. The van der Waals surface area contributed by atoms with Crippen LogP contribution in [0, 0.1) is 5.82 Å². The van der Waals surface area contributed by atoms with Crippen LogP contribution < -0.4 is 0 Å². The summed E-state index contributed by atoms with van der Waals surface area (Å²) in [7, 11) is 0. The molecule has 0 aliphatic heterocycles. The first kappa shape index (κ1) is 12.5. The number of hydrogen-bond donors (Lipinski definition) is 1. The summed E-state index contributed by atoms with van der Waals surface area (Å²) < 4.78 is 19.9. The predicted molar refractivity (Wildman–Crippen MR) is 66.9 cm³/mol. The fourth-order valence-corrected chi connectivity index (χ4v) is 1.76. The van der Waals surface area contributed by atoms with Crippen molar-refractivity contribution in [3.05, 3.63) is 54.1 Å². The third kappa shape index (κ3) is 2.57. The van der Waals surface area contributed by atoms with Crippen LogP contribution in [-0.4, -0.2) is 25.1 Å². The van der Waals surface area contributed by atoms with Crippen LogP contribution in [0.25, 0.3) is 11.3 Å². The smallest absolute Gasteiger partial charge is 0.216 e. The molecule has 0 saturated heterocycles. The maximum atomic E-state index is 12.8. The third-order valence-electron chi connectivity index (χ3n) is 2.73. The molecule has 0 radical (unpaired) electrons. The van der Waals surface area contributed by atoms with Gasteiger partial charge in [0.25, 0.3) is 0 Å². The summed E-state index contributed by atoms with van der Waals surface area (Å²) in [6, 6.07) is 5.98. The van der Waals surface area contributed by atoms with E-state index < -0.39 is 0 Å². The number of benzene rings is 1. The van der Waals surface area contributed by atoms with Crippen molar-refractivity contribution in [3.8, 4) is 11.3 Å². The van der Waals surface area contributed by atoms with Crippen LogP contribution in [0.3, 0.4) is 0 Å². The van der Waals surface area contributed by atoms with Crippen molar-refractivity contribution in [2.24, 2.45) is 0 Å². The molecule has 0 aliphatic carbocycles. The second-order valence-corrected chi connectivity index (χ2v) is 4.19. The fourth-order valence-electron chi connectivity index (χ4n) is 1.76. The Labute approximate surface area is 113 Å². The molecule has 0 spiro atoms. The topological polar surface area (TPSA) is 77.0 Å². The molecule has 20 heavy (non-hydrogen) atoms. The molecule has 0 bridgehead atoms. The van der Waals surface area contributed by atoms with Gasteiger partial charge in [-0.3, -0.25) is 0 Å². The minimum absolute atomic E-state index is 0.160. The molecule has 7 heteroatoms. The third-order valence-corrected chi connectivity index (χ3v) is 2.73. The normalized spacial score (nSPS) is 10.9. The van der Waals surface area contributed by atoms with E-state index in [1.165, 1.54) is 16.8 Å². The highest BCUT2D eigenvalue weighted by atomic mass is 19.1. The van der Waals surface area contributed by atoms with Gasteiger partial charge < -0.3 is 9.52 Å². The number of halogens is 1. The van der Waals surface area contributed by atoms with Crippen molar-refractivity contribution in [2.45, 2.75) is 13.2 Å². The Balaban J connectivity index is 1.78. The largest absolute Gasteiger partial charge is 0.439 e. The Morgan fingerprint density at radius 1 is 1.25 bits per heavy atom. The van der Waals surface area contributed by atoms with Gasteiger partial charge in [0.2, 0.25) is 5.89 Å². The highest BCUT2D eigenvalue weighted by Gasteiger charge is 2.08. The number of aliphatic hydroxyl groups excluding tert-OH is 1. The van der Waals surface area contributed by atoms with Gasteiger partial charge in [-0.05, 0) is 24.3 Å². The zero-order valence-corrected chi connectivity index (χ0v) is 10.4. The highest BCUT2D eigenvalue weighted by Crippen LogP contribution is 2.20. The molecular formula is C13H11FN4O2. The van der Waals surface area contributed by atoms with Crippen molar-refractivity contribution in [1.29, 1.82) is 0 Å². The van der Waals surface area contributed by atoms with E-state index in [1.807, 2.05) is 0 Å². The van der Waals surface area contributed by atoms with Crippen molar-refractivity contribution in [1.82, 2.24) is 20.0 Å². The summed E-state index contributed by atoms with van der Waals surface area (Å²) in [5.41, 5.74) is 1.23. The van der Waals surface area contributed by atoms with Crippen molar-refractivity contribution in [3.63, 3.8) is 0 Å². The number of nitrogens with zero attached hydrogens (tertiary/aromatic N) is 4. The van der Waals surface area contributed by atoms with E-state index in [0.717, 1.165) is 5.56 Å². The van der Waals surface area contributed by atoms with Gasteiger partial charge in [-0.2, -0.15) is 0 Å². The van der Waals surface area contributed by atoms with Gasteiger partial charge in [0.1, 0.15) is 18.1 Å². The first-order valence-electron chi connectivity index (χ1n) is 5.95. The summed E-state index contributed by atoms with van der Waals surface area (Å²) in [4.78, 5) is 4.13. The molecule has 2 aromatic heterocycles. The zero-order valence-electron chi connectivity index (χ0n) is 10.4. The monoisotopic (exact) mass is 274 g/mol. The molecule has 0 atom stereocenters. The van der Waals surface area contributed by atoms with Gasteiger partial charge in [-0.15, -0.1) is 5.10 Å². The van der Waals surface area contributed by atoms with Gasteiger partial charge >= 0.3 is 0 Å². The first-order valence-corrected chi connectivity index (χ1v) is 5.95. The second-order valence-electron chi connectivity index (χ2n) is 4.19. The van der Waals surface area contributed by atoms with E-state index in [2.05, 4.69) is 15.3 Å². The molecule has 0 amide bonds. The molecule has 0 saturated carbocycles. The second kappa shape index (κ2) is 5.22. The molecule has 0 fully saturated rings. The van der Waals surface area contributed by atoms with E-state index in [0.29, 0.717) is 23.9 Å². The number of rotatable bonds is 4. The van der Waals surface area contributed by atoms with Crippen LogP contribution in [0.2, 0.25) is 0 Å². The van der Waals surface area contributed by atoms with E-state index >= 15 is 0 Å². The number of aliphatic hydroxyl groups is 1. The molecule has 0 aliphatic rings. The van der Waals surface area contributed by atoms with E-state index in [9.17, 15) is 4.39 Å². The van der Waals surface area contributed by atoms with Gasteiger partial charge in [-0.25, -0.2) is 14.1 Å². The van der Waals surface area contributed by atoms with Crippen LogP contribution in [0.15, 0.2) is 41.1 Å². The van der Waals surface area contributed by atoms with Gasteiger partial charge in [0.15, 0.2) is 5.76 Å². The van der Waals surface area contributed by atoms with Crippen molar-refractivity contribution >= 4 is 0 Å². The Kier molecular flexibility index (Phi) is 3.26. The van der Waals surface area contributed by atoms with Crippen molar-refractivity contribution in [2.75, 3.05) is 0 Å². The summed E-state index contributed by atoms with van der Waals surface area (Å²) in [5, 5.41) is 16.5. The maximum Gasteiger partial charge on any atom is 0.216 e. The SMILES string of the molecule is OCc1cn(Cc2ncc(-c3ccc(F)cc3)o2)nn1. The van der Waals surface area contributed by atoms with Crippen LogP contribution >= 0.6 is 0 Å².